The van der Waals surface area contributed by atoms with Crippen LogP contribution in [-0.2, 0) is 17.8 Å². The van der Waals surface area contributed by atoms with Gasteiger partial charge >= 0.3 is 0 Å². The Morgan fingerprint density at radius 3 is 2.74 bits per heavy atom. The molecule has 0 bridgehead atoms. The summed E-state index contributed by atoms with van der Waals surface area (Å²) in [7, 11) is 0. The van der Waals surface area contributed by atoms with Crippen LogP contribution in [0.3, 0.4) is 0 Å². The largest absolute Gasteiger partial charge is 0.322 e. The minimum absolute atomic E-state index is 0.193. The van der Waals surface area contributed by atoms with Crippen molar-refractivity contribution in [3.63, 3.8) is 0 Å². The Labute approximate surface area is 134 Å². The van der Waals surface area contributed by atoms with E-state index in [4.69, 9.17) is 5.73 Å². The minimum atomic E-state index is -0.826. The third kappa shape index (κ3) is 3.25. The highest BCUT2D eigenvalue weighted by molar-refractivity contribution is 5.95. The Hall–Kier alpha value is -2.24. The number of benzene rings is 2. The summed E-state index contributed by atoms with van der Waals surface area (Å²) in [5, 5.41) is 5.81. The summed E-state index contributed by atoms with van der Waals surface area (Å²) in [6.07, 6.45) is 0.620. The summed E-state index contributed by atoms with van der Waals surface area (Å²) in [5.41, 5.74) is 9.58. The van der Waals surface area contributed by atoms with E-state index >= 15 is 0 Å². The van der Waals surface area contributed by atoms with E-state index in [2.05, 4.69) is 10.6 Å². The quantitative estimate of drug-likeness (QED) is 0.815. The van der Waals surface area contributed by atoms with Gasteiger partial charge in [0, 0.05) is 6.54 Å². The van der Waals surface area contributed by atoms with Crippen LogP contribution < -0.4 is 16.4 Å². The van der Waals surface area contributed by atoms with Crippen molar-refractivity contribution in [3.05, 3.63) is 64.5 Å². The van der Waals surface area contributed by atoms with Gasteiger partial charge in [-0.05, 0) is 42.6 Å². The van der Waals surface area contributed by atoms with Crippen LogP contribution in [0.4, 0.5) is 10.1 Å². The van der Waals surface area contributed by atoms with E-state index in [0.717, 1.165) is 17.7 Å². The van der Waals surface area contributed by atoms with E-state index in [-0.39, 0.29) is 11.5 Å². The smallest absolute Gasteiger partial charge is 0.245 e. The summed E-state index contributed by atoms with van der Waals surface area (Å²) in [5.74, 6) is -0.768. The number of carbonyl (C=O) groups excluding carboxylic acids is 1. The van der Waals surface area contributed by atoms with Crippen molar-refractivity contribution in [2.24, 2.45) is 5.73 Å². The molecule has 0 saturated heterocycles. The van der Waals surface area contributed by atoms with Gasteiger partial charge in [-0.1, -0.05) is 35.9 Å². The molecule has 1 heterocycles. The number of nitrogens with two attached hydrogens (primary N) is 1. The zero-order valence-corrected chi connectivity index (χ0v) is 13.0. The molecule has 2 aromatic rings. The summed E-state index contributed by atoms with van der Waals surface area (Å²) < 4.78 is 14.6. The summed E-state index contributed by atoms with van der Waals surface area (Å²) in [6.45, 7) is 3.36. The van der Waals surface area contributed by atoms with Crippen LogP contribution >= 0.6 is 0 Å². The number of amides is 1. The molecule has 1 unspecified atom stereocenters. The van der Waals surface area contributed by atoms with Gasteiger partial charge < -0.3 is 16.4 Å². The molecule has 4 N–H and O–H groups in total. The molecule has 5 heteroatoms. The number of fused-ring (bicyclic) bond motifs is 1. The van der Waals surface area contributed by atoms with E-state index in [0.29, 0.717) is 24.1 Å². The highest BCUT2D eigenvalue weighted by Crippen LogP contribution is 2.25. The van der Waals surface area contributed by atoms with Gasteiger partial charge in [-0.2, -0.15) is 0 Å². The number of nitrogens with one attached hydrogen (secondary N) is 2. The molecule has 0 saturated carbocycles. The molecule has 1 atom stereocenters. The van der Waals surface area contributed by atoms with Crippen LogP contribution in [0.1, 0.15) is 28.3 Å². The van der Waals surface area contributed by atoms with Crippen molar-refractivity contribution in [3.8, 4) is 0 Å². The fraction of sp³-hybridized carbons (Fsp3) is 0.278. The lowest BCUT2D eigenvalue weighted by Gasteiger charge is -2.20. The van der Waals surface area contributed by atoms with Crippen LogP contribution in [0.2, 0.25) is 0 Å². The Morgan fingerprint density at radius 2 is 2.00 bits per heavy atom. The predicted molar refractivity (Wildman–Crippen MR) is 88.5 cm³/mol. The number of hydrogen-bond donors (Lipinski definition) is 3. The zero-order chi connectivity index (χ0) is 16.4. The monoisotopic (exact) mass is 313 g/mol. The van der Waals surface area contributed by atoms with Crippen LogP contribution in [0.25, 0.3) is 0 Å². The lowest BCUT2D eigenvalue weighted by Crippen LogP contribution is -2.29. The predicted octanol–water partition coefficient (Wildman–Crippen LogP) is 2.42. The van der Waals surface area contributed by atoms with Crippen molar-refractivity contribution in [1.82, 2.24) is 5.32 Å². The maximum atomic E-state index is 14.6. The number of halogens is 1. The Kier molecular flexibility index (Phi) is 4.41. The number of aryl methyl sites for hydroxylation is 1. The fourth-order valence-electron chi connectivity index (χ4n) is 2.77. The van der Waals surface area contributed by atoms with Gasteiger partial charge in [-0.15, -0.1) is 0 Å². The van der Waals surface area contributed by atoms with Crippen LogP contribution in [-0.4, -0.2) is 12.5 Å². The van der Waals surface area contributed by atoms with Crippen molar-refractivity contribution >= 4 is 11.6 Å². The molecule has 0 aromatic heterocycles. The van der Waals surface area contributed by atoms with Crippen LogP contribution in [0, 0.1) is 12.7 Å². The van der Waals surface area contributed by atoms with Gasteiger partial charge in [-0.25, -0.2) is 4.39 Å². The first-order valence-electron chi connectivity index (χ1n) is 7.70. The first kappa shape index (κ1) is 15.6. The van der Waals surface area contributed by atoms with E-state index < -0.39 is 11.9 Å². The van der Waals surface area contributed by atoms with Gasteiger partial charge in [0.15, 0.2) is 0 Å². The van der Waals surface area contributed by atoms with Crippen LogP contribution in [0.15, 0.2) is 36.4 Å². The average Bonchev–Trinajstić information content (AvgIpc) is 2.57. The summed E-state index contributed by atoms with van der Waals surface area (Å²) >= 11 is 0. The molecule has 1 amide bonds. The van der Waals surface area contributed by atoms with Gasteiger partial charge in [0.25, 0.3) is 0 Å². The molecule has 0 fully saturated rings. The third-order valence-corrected chi connectivity index (χ3v) is 4.18. The third-order valence-electron chi connectivity index (χ3n) is 4.18. The second-order valence-electron chi connectivity index (χ2n) is 5.87. The number of rotatable bonds is 3. The fourth-order valence-corrected chi connectivity index (χ4v) is 2.77. The Bertz CT molecular complexity index is 728. The highest BCUT2D eigenvalue weighted by atomic mass is 19.1. The molecule has 3 rings (SSSR count). The van der Waals surface area contributed by atoms with Gasteiger partial charge in [0.1, 0.15) is 11.9 Å². The normalized spacial score (nSPS) is 14.9. The average molecular weight is 313 g/mol. The maximum Gasteiger partial charge on any atom is 0.245 e. The second kappa shape index (κ2) is 6.48. The molecule has 1 aliphatic rings. The molecular formula is C18H20FN3O. The van der Waals surface area contributed by atoms with E-state index in [9.17, 15) is 9.18 Å². The molecule has 1 aliphatic heterocycles. The van der Waals surface area contributed by atoms with Gasteiger partial charge in [0.2, 0.25) is 5.91 Å². The molecule has 2 aromatic carbocycles. The molecular weight excluding hydrogens is 293 g/mol. The topological polar surface area (TPSA) is 67.2 Å². The summed E-state index contributed by atoms with van der Waals surface area (Å²) in [4.78, 5) is 12.3. The second-order valence-corrected chi connectivity index (χ2v) is 5.87. The number of carbonyl (C=O) groups is 1. The maximum absolute atomic E-state index is 14.6. The minimum Gasteiger partial charge on any atom is -0.322 e. The van der Waals surface area contributed by atoms with Crippen molar-refractivity contribution < 1.29 is 9.18 Å². The Morgan fingerprint density at radius 1 is 1.26 bits per heavy atom. The molecule has 0 spiro atoms. The Balaban J connectivity index is 1.78. The first-order valence-corrected chi connectivity index (χ1v) is 7.70. The number of anilines is 1. The zero-order valence-electron chi connectivity index (χ0n) is 13.0. The molecule has 120 valence electrons. The molecule has 4 nitrogen and oxygen atoms in total. The lowest BCUT2D eigenvalue weighted by atomic mass is 9.99. The van der Waals surface area contributed by atoms with Crippen molar-refractivity contribution in [2.45, 2.75) is 25.9 Å². The van der Waals surface area contributed by atoms with E-state index in [1.807, 2.05) is 37.3 Å². The van der Waals surface area contributed by atoms with Crippen LogP contribution in [0.5, 0.6) is 0 Å². The lowest BCUT2D eigenvalue weighted by molar-refractivity contribution is -0.117. The molecule has 23 heavy (non-hydrogen) atoms. The number of hydrogen-bond acceptors (Lipinski definition) is 3. The van der Waals surface area contributed by atoms with Crippen molar-refractivity contribution in [2.75, 3.05) is 11.9 Å². The van der Waals surface area contributed by atoms with E-state index in [1.165, 1.54) is 0 Å². The van der Waals surface area contributed by atoms with Gasteiger partial charge in [-0.3, -0.25) is 4.79 Å². The molecule has 0 radical (unpaired) electrons. The van der Waals surface area contributed by atoms with Crippen molar-refractivity contribution in [1.29, 1.82) is 0 Å². The standard InChI is InChI=1S/C18H20FN3O/c1-11-2-4-12(5-3-11)17(20)18(23)22-15-7-6-13-10-21-9-8-14(13)16(15)19/h2-7,17,21H,8-10,20H2,1H3,(H,22,23). The van der Waals surface area contributed by atoms with Gasteiger partial charge in [0.05, 0.1) is 5.69 Å². The highest BCUT2D eigenvalue weighted by Gasteiger charge is 2.20. The molecule has 0 aliphatic carbocycles. The summed E-state index contributed by atoms with van der Waals surface area (Å²) in [6, 6.07) is 10.0. The van der Waals surface area contributed by atoms with E-state index in [1.54, 1.807) is 6.07 Å². The first-order chi connectivity index (χ1) is 11.1. The SMILES string of the molecule is Cc1ccc(C(N)C(=O)Nc2ccc3c(c2F)CCNC3)cc1.